The first-order valence-corrected chi connectivity index (χ1v) is 10.2. The van der Waals surface area contributed by atoms with Crippen LogP contribution in [0.4, 0.5) is 4.39 Å². The molecule has 3 N–H and O–H groups in total. The number of allylic oxidation sites excluding steroid dienone is 4. The average molecular weight is 371 g/mol. The molecule has 146 valence electrons. The van der Waals surface area contributed by atoms with Crippen LogP contribution in [0.3, 0.4) is 0 Å². The number of rotatable bonds is 5. The highest BCUT2D eigenvalue weighted by Crippen LogP contribution is 2.44. The molecule has 0 radical (unpaired) electrons. The van der Waals surface area contributed by atoms with Crippen molar-refractivity contribution in [2.75, 3.05) is 13.2 Å². The van der Waals surface area contributed by atoms with Gasteiger partial charge in [0.25, 0.3) is 0 Å². The minimum Gasteiger partial charge on any atom is -0.493 e. The molecule has 0 saturated heterocycles. The molecule has 1 aromatic carbocycles. The Morgan fingerprint density at radius 2 is 2.00 bits per heavy atom. The summed E-state index contributed by atoms with van der Waals surface area (Å²) in [6.07, 6.45) is 12.4. The lowest BCUT2D eigenvalue weighted by Crippen LogP contribution is -2.41. The number of nitrogens with two attached hydrogens (primary N) is 1. The summed E-state index contributed by atoms with van der Waals surface area (Å²) in [6.45, 7) is 0.790. The number of ether oxygens (including phenoxy) is 1. The molecule has 4 atom stereocenters. The number of hydrogen-bond acceptors (Lipinski definition) is 3. The summed E-state index contributed by atoms with van der Waals surface area (Å²) in [5, 5.41) is 9.52. The van der Waals surface area contributed by atoms with E-state index in [1.807, 2.05) is 0 Å². The van der Waals surface area contributed by atoms with E-state index < -0.39 is 0 Å². The van der Waals surface area contributed by atoms with Crippen LogP contribution in [0.15, 0.2) is 47.6 Å². The third kappa shape index (κ3) is 4.27. The van der Waals surface area contributed by atoms with Gasteiger partial charge in [0.05, 0.1) is 13.2 Å². The molecule has 27 heavy (non-hydrogen) atoms. The first kappa shape index (κ1) is 18.7. The van der Waals surface area contributed by atoms with Gasteiger partial charge in [-0.1, -0.05) is 12.2 Å². The maximum absolute atomic E-state index is 13.0. The Morgan fingerprint density at radius 1 is 1.19 bits per heavy atom. The molecule has 0 amide bonds. The van der Waals surface area contributed by atoms with E-state index in [0.29, 0.717) is 24.4 Å². The minimum absolute atomic E-state index is 0.101. The van der Waals surface area contributed by atoms with Crippen LogP contribution in [0, 0.1) is 23.6 Å². The zero-order valence-corrected chi connectivity index (χ0v) is 15.9. The van der Waals surface area contributed by atoms with Crippen LogP contribution in [0.25, 0.3) is 0 Å². The lowest BCUT2D eigenvalue weighted by molar-refractivity contribution is 0.192. The highest BCUT2D eigenvalue weighted by atomic mass is 19.1. The van der Waals surface area contributed by atoms with E-state index in [-0.39, 0.29) is 18.0 Å². The number of fused-ring (bicyclic) bond motifs is 1. The second-order valence-corrected chi connectivity index (χ2v) is 8.72. The summed E-state index contributed by atoms with van der Waals surface area (Å²) in [7, 11) is 0. The van der Waals surface area contributed by atoms with Gasteiger partial charge in [0.1, 0.15) is 11.6 Å². The molecular formula is C23H30FNO2. The predicted molar refractivity (Wildman–Crippen MR) is 105 cm³/mol. The topological polar surface area (TPSA) is 55.5 Å². The van der Waals surface area contributed by atoms with Gasteiger partial charge >= 0.3 is 0 Å². The normalized spacial score (nSPS) is 33.2. The van der Waals surface area contributed by atoms with E-state index in [4.69, 9.17) is 10.5 Å². The second-order valence-electron chi connectivity index (χ2n) is 8.72. The maximum Gasteiger partial charge on any atom is 0.123 e. The molecule has 3 aliphatic carbocycles. The number of hydrogen-bond donors (Lipinski definition) is 2. The van der Waals surface area contributed by atoms with Crippen molar-refractivity contribution in [3.05, 3.63) is 53.4 Å². The maximum atomic E-state index is 13.0. The summed E-state index contributed by atoms with van der Waals surface area (Å²) in [4.78, 5) is 0. The fraction of sp³-hybridized carbons (Fsp3) is 0.565. The summed E-state index contributed by atoms with van der Waals surface area (Å²) in [5.74, 6) is 2.21. The molecule has 0 aliphatic heterocycles. The number of aliphatic hydroxyl groups excluding tert-OH is 1. The van der Waals surface area contributed by atoms with Gasteiger partial charge in [-0.3, -0.25) is 0 Å². The van der Waals surface area contributed by atoms with E-state index in [0.717, 1.165) is 50.7 Å². The molecular weight excluding hydrogens is 341 g/mol. The molecule has 2 fully saturated rings. The predicted octanol–water partition coefficient (Wildman–Crippen LogP) is 4.37. The molecule has 4 heteroatoms. The smallest absolute Gasteiger partial charge is 0.123 e. The van der Waals surface area contributed by atoms with Crippen molar-refractivity contribution >= 4 is 0 Å². The first-order valence-electron chi connectivity index (χ1n) is 10.2. The van der Waals surface area contributed by atoms with Crippen molar-refractivity contribution in [3.8, 4) is 5.75 Å². The van der Waals surface area contributed by atoms with Gasteiger partial charge in [-0.05, 0) is 98.1 Å². The highest BCUT2D eigenvalue weighted by Gasteiger charge is 2.39. The third-order valence-electron chi connectivity index (χ3n) is 6.70. The monoisotopic (exact) mass is 371 g/mol. The molecule has 1 aromatic rings. The van der Waals surface area contributed by atoms with Crippen LogP contribution in [0.2, 0.25) is 0 Å². The quantitative estimate of drug-likeness (QED) is 0.808. The summed E-state index contributed by atoms with van der Waals surface area (Å²) < 4.78 is 18.9. The lowest BCUT2D eigenvalue weighted by atomic mass is 9.74. The number of halogens is 1. The van der Waals surface area contributed by atoms with Gasteiger partial charge in [-0.2, -0.15) is 0 Å². The van der Waals surface area contributed by atoms with Gasteiger partial charge in [0.15, 0.2) is 0 Å². The number of benzene rings is 1. The van der Waals surface area contributed by atoms with Crippen LogP contribution >= 0.6 is 0 Å². The summed E-state index contributed by atoms with van der Waals surface area (Å²) in [5.41, 5.74) is 8.92. The summed E-state index contributed by atoms with van der Waals surface area (Å²) in [6, 6.07) is 6.27. The Labute approximate surface area is 161 Å². The van der Waals surface area contributed by atoms with E-state index in [1.54, 1.807) is 12.1 Å². The van der Waals surface area contributed by atoms with Crippen molar-refractivity contribution in [2.45, 2.75) is 50.5 Å². The molecule has 0 spiro atoms. The SMILES string of the molecule is N[C@]1(CO)CC[C@H](C2C=C3CCC(COc4ccc(F)cc4)CC3=CC2)C1. The Balaban J connectivity index is 1.31. The van der Waals surface area contributed by atoms with Crippen molar-refractivity contribution in [1.82, 2.24) is 0 Å². The molecule has 2 unspecified atom stereocenters. The lowest BCUT2D eigenvalue weighted by Gasteiger charge is -2.32. The van der Waals surface area contributed by atoms with Gasteiger partial charge < -0.3 is 15.6 Å². The van der Waals surface area contributed by atoms with E-state index in [9.17, 15) is 9.50 Å². The average Bonchev–Trinajstić information content (AvgIpc) is 3.10. The minimum atomic E-state index is -0.359. The zero-order chi connectivity index (χ0) is 18.9. The fourth-order valence-corrected chi connectivity index (χ4v) is 5.00. The Bertz CT molecular complexity index is 726. The zero-order valence-electron chi connectivity index (χ0n) is 15.9. The van der Waals surface area contributed by atoms with E-state index in [1.165, 1.54) is 23.3 Å². The fourth-order valence-electron chi connectivity index (χ4n) is 5.00. The van der Waals surface area contributed by atoms with Crippen molar-refractivity contribution in [3.63, 3.8) is 0 Å². The Kier molecular flexibility index (Phi) is 5.38. The largest absolute Gasteiger partial charge is 0.493 e. The molecule has 0 aromatic heterocycles. The highest BCUT2D eigenvalue weighted by molar-refractivity contribution is 5.37. The van der Waals surface area contributed by atoms with Crippen molar-refractivity contribution in [2.24, 2.45) is 23.5 Å². The van der Waals surface area contributed by atoms with Crippen LogP contribution in [0.5, 0.6) is 5.75 Å². The van der Waals surface area contributed by atoms with E-state index >= 15 is 0 Å². The van der Waals surface area contributed by atoms with Gasteiger partial charge in [0, 0.05) is 5.54 Å². The van der Waals surface area contributed by atoms with Crippen molar-refractivity contribution in [1.29, 1.82) is 0 Å². The molecule has 0 heterocycles. The van der Waals surface area contributed by atoms with Crippen LogP contribution in [0.1, 0.15) is 44.9 Å². The van der Waals surface area contributed by atoms with Gasteiger partial charge in [-0.25, -0.2) is 4.39 Å². The van der Waals surface area contributed by atoms with Crippen LogP contribution in [-0.2, 0) is 0 Å². The van der Waals surface area contributed by atoms with E-state index in [2.05, 4.69) is 12.2 Å². The Hall–Kier alpha value is -1.65. The third-order valence-corrected chi connectivity index (χ3v) is 6.70. The standard InChI is InChI=1S/C23H30FNO2/c24-21-5-7-22(8-6-21)27-14-16-1-2-18-12-19(4-3-17(18)11-16)20-9-10-23(25,13-20)15-26/h3,5-8,12,16,19-20,26H,1-2,4,9-11,13-15,25H2/t16?,19?,20-,23+/m0/s1. The number of aliphatic hydroxyl groups is 1. The molecule has 0 bridgehead atoms. The molecule has 4 rings (SSSR count). The second kappa shape index (κ2) is 7.76. The van der Waals surface area contributed by atoms with Gasteiger partial charge in [-0.15, -0.1) is 0 Å². The first-order chi connectivity index (χ1) is 13.0. The van der Waals surface area contributed by atoms with Crippen LogP contribution in [-0.4, -0.2) is 23.9 Å². The van der Waals surface area contributed by atoms with Crippen LogP contribution < -0.4 is 10.5 Å². The van der Waals surface area contributed by atoms with Gasteiger partial charge in [0.2, 0.25) is 0 Å². The molecule has 3 nitrogen and oxygen atoms in total. The molecule has 2 saturated carbocycles. The molecule has 3 aliphatic rings. The summed E-state index contributed by atoms with van der Waals surface area (Å²) >= 11 is 0. The Morgan fingerprint density at radius 3 is 2.74 bits per heavy atom. The van der Waals surface area contributed by atoms with Crippen molar-refractivity contribution < 1.29 is 14.2 Å².